The highest BCUT2D eigenvalue weighted by atomic mass is 16.6. The van der Waals surface area contributed by atoms with Gasteiger partial charge < -0.3 is 25.2 Å². The number of hydrogen-bond acceptors (Lipinski definition) is 7. The zero-order valence-electron chi connectivity index (χ0n) is 21.0. The molecule has 1 aliphatic heterocycles. The van der Waals surface area contributed by atoms with Gasteiger partial charge in [0.25, 0.3) is 11.5 Å². The predicted octanol–water partition coefficient (Wildman–Crippen LogP) is 2.01. The normalized spacial score (nSPS) is 18.1. The van der Waals surface area contributed by atoms with Gasteiger partial charge in [-0.3, -0.25) is 23.5 Å². The zero-order valence-corrected chi connectivity index (χ0v) is 21.0. The van der Waals surface area contributed by atoms with Gasteiger partial charge in [0.05, 0.1) is 6.04 Å². The Morgan fingerprint density at radius 2 is 1.63 bits per heavy atom. The van der Waals surface area contributed by atoms with E-state index in [1.54, 1.807) is 0 Å². The van der Waals surface area contributed by atoms with E-state index in [0.717, 1.165) is 34.0 Å². The van der Waals surface area contributed by atoms with Crippen LogP contribution in [0, 0.1) is 0 Å². The molecule has 3 N–H and O–H groups in total. The highest BCUT2D eigenvalue weighted by Crippen LogP contribution is 2.31. The second-order valence-corrected chi connectivity index (χ2v) is 9.68. The molecule has 12 nitrogen and oxygen atoms in total. The van der Waals surface area contributed by atoms with Crippen molar-refractivity contribution < 1.29 is 29.3 Å². The summed E-state index contributed by atoms with van der Waals surface area (Å²) in [4.78, 5) is 65.1. The molecule has 0 unspecified atom stereocenters. The fraction of sp³-hybridized carbons (Fsp3) is 0.500. The summed E-state index contributed by atoms with van der Waals surface area (Å²) in [5, 5.41) is 22.0. The molecule has 2 heterocycles. The molecule has 1 saturated carbocycles. The van der Waals surface area contributed by atoms with Crippen LogP contribution in [-0.2, 0) is 16.1 Å². The van der Waals surface area contributed by atoms with E-state index in [2.05, 4.69) is 5.32 Å². The van der Waals surface area contributed by atoms with Crippen molar-refractivity contribution in [3.63, 3.8) is 0 Å². The molecular formula is C26H32N4O8. The van der Waals surface area contributed by atoms with Gasteiger partial charge in [0.15, 0.2) is 5.56 Å². The van der Waals surface area contributed by atoms with Gasteiger partial charge in [0.2, 0.25) is 5.88 Å². The topological polar surface area (TPSA) is 160 Å². The molecule has 0 radical (unpaired) electrons. The van der Waals surface area contributed by atoms with E-state index in [9.17, 15) is 29.1 Å². The van der Waals surface area contributed by atoms with Crippen molar-refractivity contribution in [1.82, 2.24) is 19.4 Å². The van der Waals surface area contributed by atoms with Crippen molar-refractivity contribution in [3.8, 4) is 5.88 Å². The van der Waals surface area contributed by atoms with Gasteiger partial charge in [-0.15, -0.1) is 0 Å². The predicted molar refractivity (Wildman–Crippen MR) is 135 cm³/mol. The third-order valence-corrected chi connectivity index (χ3v) is 7.09. The fourth-order valence-corrected chi connectivity index (χ4v) is 5.21. The SMILES string of the molecule is O=C(O)CNC(=O)c1c(O)n(C2CCCCC2)c(=O)n([C@H]2CCCN(C(=O)OCc3ccccc3)C2)c1=O. The van der Waals surface area contributed by atoms with Crippen LogP contribution in [-0.4, -0.2) is 61.9 Å². The maximum atomic E-state index is 13.6. The van der Waals surface area contributed by atoms with E-state index in [-0.39, 0.29) is 13.2 Å². The number of ether oxygens (including phenoxy) is 1. The van der Waals surface area contributed by atoms with Gasteiger partial charge in [-0.05, 0) is 31.2 Å². The smallest absolute Gasteiger partial charge is 0.410 e. The summed E-state index contributed by atoms with van der Waals surface area (Å²) < 4.78 is 7.44. The van der Waals surface area contributed by atoms with Gasteiger partial charge in [-0.25, -0.2) is 9.59 Å². The van der Waals surface area contributed by atoms with Crippen LogP contribution in [0.5, 0.6) is 5.88 Å². The van der Waals surface area contributed by atoms with E-state index in [1.165, 1.54) is 4.90 Å². The number of carboxylic acid groups (broad SMARTS) is 1. The Morgan fingerprint density at radius 3 is 2.32 bits per heavy atom. The van der Waals surface area contributed by atoms with Crippen LogP contribution in [0.1, 0.15) is 73.0 Å². The second kappa shape index (κ2) is 12.0. The zero-order chi connectivity index (χ0) is 27.2. The third kappa shape index (κ3) is 5.90. The Kier molecular flexibility index (Phi) is 8.49. The Bertz CT molecular complexity index is 1300. The molecule has 1 aromatic carbocycles. The number of piperidine rings is 1. The van der Waals surface area contributed by atoms with Crippen LogP contribution in [0.25, 0.3) is 0 Å². The number of aromatic hydroxyl groups is 1. The molecule has 0 spiro atoms. The lowest BCUT2D eigenvalue weighted by atomic mass is 9.95. The molecule has 12 heteroatoms. The molecule has 204 valence electrons. The average molecular weight is 529 g/mol. The molecule has 0 bridgehead atoms. The Balaban J connectivity index is 1.66. The van der Waals surface area contributed by atoms with Gasteiger partial charge in [-0.1, -0.05) is 49.6 Å². The number of amides is 2. The maximum absolute atomic E-state index is 13.6. The van der Waals surface area contributed by atoms with Crippen LogP contribution in [0.4, 0.5) is 4.79 Å². The number of aromatic nitrogens is 2. The molecule has 4 rings (SSSR count). The summed E-state index contributed by atoms with van der Waals surface area (Å²) in [7, 11) is 0. The molecule has 2 fully saturated rings. The van der Waals surface area contributed by atoms with E-state index < -0.39 is 59.3 Å². The van der Waals surface area contributed by atoms with Crippen molar-refractivity contribution in [1.29, 1.82) is 0 Å². The summed E-state index contributed by atoms with van der Waals surface area (Å²) in [5.74, 6) is -3.17. The molecule has 1 aromatic heterocycles. The van der Waals surface area contributed by atoms with Gasteiger partial charge in [0.1, 0.15) is 13.2 Å². The first-order valence-corrected chi connectivity index (χ1v) is 12.8. The highest BCUT2D eigenvalue weighted by molar-refractivity contribution is 5.97. The van der Waals surface area contributed by atoms with Gasteiger partial charge in [0, 0.05) is 19.1 Å². The summed E-state index contributed by atoms with van der Waals surface area (Å²) in [5.41, 5.74) is -1.64. The first kappa shape index (κ1) is 27.0. The summed E-state index contributed by atoms with van der Waals surface area (Å²) in [6.45, 7) is -0.304. The van der Waals surface area contributed by atoms with E-state index >= 15 is 0 Å². The average Bonchev–Trinajstić information content (AvgIpc) is 2.92. The van der Waals surface area contributed by atoms with Crippen molar-refractivity contribution in [2.24, 2.45) is 0 Å². The third-order valence-electron chi connectivity index (χ3n) is 7.09. The van der Waals surface area contributed by atoms with Crippen LogP contribution >= 0.6 is 0 Å². The fourth-order valence-electron chi connectivity index (χ4n) is 5.21. The number of nitrogens with one attached hydrogen (secondary N) is 1. The molecule has 2 aromatic rings. The number of benzene rings is 1. The quantitative estimate of drug-likeness (QED) is 0.492. The number of nitrogens with zero attached hydrogens (tertiary/aromatic N) is 3. The molecule has 2 aliphatic rings. The summed E-state index contributed by atoms with van der Waals surface area (Å²) >= 11 is 0. The van der Waals surface area contributed by atoms with Crippen molar-refractivity contribution in [3.05, 3.63) is 62.3 Å². The Hall–Kier alpha value is -4.09. The highest BCUT2D eigenvalue weighted by Gasteiger charge is 2.34. The molecule has 2 amide bonds. The van der Waals surface area contributed by atoms with Crippen LogP contribution in [0.15, 0.2) is 39.9 Å². The lowest BCUT2D eigenvalue weighted by Crippen LogP contribution is -2.51. The molecular weight excluding hydrogens is 496 g/mol. The van der Waals surface area contributed by atoms with E-state index in [1.807, 2.05) is 30.3 Å². The van der Waals surface area contributed by atoms with Crippen molar-refractivity contribution in [2.45, 2.75) is 63.6 Å². The summed E-state index contributed by atoms with van der Waals surface area (Å²) in [6, 6.07) is 8.00. The lowest BCUT2D eigenvalue weighted by molar-refractivity contribution is -0.135. The number of carboxylic acids is 1. The largest absolute Gasteiger partial charge is 0.494 e. The number of hydrogen-bond donors (Lipinski definition) is 3. The number of carbonyl (C=O) groups is 3. The first-order valence-electron chi connectivity index (χ1n) is 12.8. The number of aliphatic carboxylic acids is 1. The standard InChI is InChI=1S/C26H32N4O8/c31-20(32)14-27-22(33)21-23(34)29(18-10-5-2-6-11-18)25(36)30(24(21)35)19-12-7-13-28(15-19)26(37)38-16-17-8-3-1-4-9-17/h1,3-4,8-9,18-19,34H,2,5-7,10-16H2,(H,27,33)(H,31,32)/t19-/m0/s1. The monoisotopic (exact) mass is 528 g/mol. The van der Waals surface area contributed by atoms with Crippen LogP contribution in [0.3, 0.4) is 0 Å². The lowest BCUT2D eigenvalue weighted by Gasteiger charge is -2.34. The minimum Gasteiger partial charge on any atom is -0.494 e. The van der Waals surface area contributed by atoms with Crippen molar-refractivity contribution >= 4 is 18.0 Å². The van der Waals surface area contributed by atoms with Crippen LogP contribution < -0.4 is 16.6 Å². The van der Waals surface area contributed by atoms with E-state index in [4.69, 9.17) is 9.84 Å². The molecule has 38 heavy (non-hydrogen) atoms. The first-order chi connectivity index (χ1) is 18.3. The Morgan fingerprint density at radius 1 is 0.947 bits per heavy atom. The van der Waals surface area contributed by atoms with Crippen molar-refractivity contribution in [2.75, 3.05) is 19.6 Å². The molecule has 1 aliphatic carbocycles. The second-order valence-electron chi connectivity index (χ2n) is 9.68. The van der Waals surface area contributed by atoms with Gasteiger partial charge in [-0.2, -0.15) is 0 Å². The van der Waals surface area contributed by atoms with Gasteiger partial charge >= 0.3 is 17.8 Å². The molecule has 1 saturated heterocycles. The number of carbonyl (C=O) groups excluding carboxylic acids is 2. The van der Waals surface area contributed by atoms with Crippen LogP contribution in [0.2, 0.25) is 0 Å². The number of likely N-dealkylation sites (tertiary alicyclic amines) is 1. The van der Waals surface area contributed by atoms with E-state index in [0.29, 0.717) is 32.2 Å². The Labute approximate surface area is 218 Å². The summed E-state index contributed by atoms with van der Waals surface area (Å²) in [6.07, 6.45) is 4.08. The number of rotatable bonds is 7. The maximum Gasteiger partial charge on any atom is 0.410 e. The molecule has 1 atom stereocenters. The minimum atomic E-state index is -1.32. The minimum absolute atomic E-state index is 0.00833.